The maximum Gasteiger partial charge on any atom is 0.239 e. The molecular weight excluding hydrogens is 301 g/mol. The van der Waals surface area contributed by atoms with E-state index in [0.717, 1.165) is 16.4 Å². The lowest BCUT2D eigenvalue weighted by atomic mass is 10.1. The Morgan fingerprint density at radius 1 is 1.32 bits per heavy atom. The lowest BCUT2D eigenvalue weighted by molar-refractivity contribution is -0.121. The molecule has 0 fully saturated rings. The van der Waals surface area contributed by atoms with Gasteiger partial charge in [-0.3, -0.25) is 4.79 Å². The first-order valence-corrected chi connectivity index (χ1v) is 7.86. The second-order valence-electron chi connectivity index (χ2n) is 6.18. The highest BCUT2D eigenvalue weighted by Gasteiger charge is 2.17. The Morgan fingerprint density at radius 2 is 1.95 bits per heavy atom. The van der Waals surface area contributed by atoms with Gasteiger partial charge in [0.2, 0.25) is 5.91 Å². The standard InChI is InChI=1S/C16H20FN3OS/c1-16(2,3)19-14(21)9-20(4)15-18-13(10-22-15)11-5-7-12(17)8-6-11/h5-8,10H,9H2,1-4H3,(H,19,21). The molecule has 4 nitrogen and oxygen atoms in total. The quantitative estimate of drug-likeness (QED) is 0.940. The topological polar surface area (TPSA) is 45.2 Å². The van der Waals surface area contributed by atoms with Crippen LogP contribution in [0.15, 0.2) is 29.6 Å². The van der Waals surface area contributed by atoms with Gasteiger partial charge < -0.3 is 10.2 Å². The molecule has 0 saturated carbocycles. The molecule has 0 bridgehead atoms. The number of amides is 1. The number of nitrogens with zero attached hydrogens (tertiary/aromatic N) is 2. The fourth-order valence-corrected chi connectivity index (χ4v) is 2.74. The molecule has 0 spiro atoms. The molecule has 1 aromatic heterocycles. The third-order valence-electron chi connectivity index (χ3n) is 2.85. The van der Waals surface area contributed by atoms with Crippen molar-refractivity contribution in [1.29, 1.82) is 0 Å². The summed E-state index contributed by atoms with van der Waals surface area (Å²) < 4.78 is 12.9. The molecule has 2 rings (SSSR count). The van der Waals surface area contributed by atoms with Gasteiger partial charge in [-0.25, -0.2) is 9.37 Å². The summed E-state index contributed by atoms with van der Waals surface area (Å²) >= 11 is 1.46. The molecule has 0 saturated heterocycles. The number of aromatic nitrogens is 1. The van der Waals surface area contributed by atoms with Gasteiger partial charge in [-0.15, -0.1) is 11.3 Å². The normalized spacial score (nSPS) is 11.3. The molecule has 0 atom stereocenters. The maximum absolute atomic E-state index is 12.9. The first-order valence-electron chi connectivity index (χ1n) is 6.98. The Labute approximate surface area is 134 Å². The number of likely N-dealkylation sites (N-methyl/N-ethyl adjacent to an activating group) is 1. The average Bonchev–Trinajstić information content (AvgIpc) is 2.86. The van der Waals surface area contributed by atoms with Crippen molar-refractivity contribution in [1.82, 2.24) is 10.3 Å². The number of rotatable bonds is 4. The number of anilines is 1. The number of carbonyl (C=O) groups excluding carboxylic acids is 1. The monoisotopic (exact) mass is 321 g/mol. The minimum absolute atomic E-state index is 0.0477. The maximum atomic E-state index is 12.9. The largest absolute Gasteiger partial charge is 0.350 e. The minimum Gasteiger partial charge on any atom is -0.350 e. The molecule has 118 valence electrons. The highest BCUT2D eigenvalue weighted by Crippen LogP contribution is 2.26. The van der Waals surface area contributed by atoms with E-state index in [2.05, 4.69) is 10.3 Å². The summed E-state index contributed by atoms with van der Waals surface area (Å²) in [6.45, 7) is 6.08. The summed E-state index contributed by atoms with van der Waals surface area (Å²) in [5.41, 5.74) is 1.39. The van der Waals surface area contributed by atoms with Gasteiger partial charge >= 0.3 is 0 Å². The van der Waals surface area contributed by atoms with Gasteiger partial charge in [-0.1, -0.05) is 0 Å². The number of carbonyl (C=O) groups is 1. The highest BCUT2D eigenvalue weighted by molar-refractivity contribution is 7.14. The first-order chi connectivity index (χ1) is 10.2. The van der Waals surface area contributed by atoms with Crippen LogP contribution in [0.5, 0.6) is 0 Å². The highest BCUT2D eigenvalue weighted by atomic mass is 32.1. The van der Waals surface area contributed by atoms with E-state index in [0.29, 0.717) is 0 Å². The van der Waals surface area contributed by atoms with Crippen molar-refractivity contribution in [3.63, 3.8) is 0 Å². The number of hydrogen-bond acceptors (Lipinski definition) is 4. The van der Waals surface area contributed by atoms with Crippen LogP contribution < -0.4 is 10.2 Å². The molecule has 1 N–H and O–H groups in total. The van der Waals surface area contributed by atoms with Gasteiger partial charge in [0.05, 0.1) is 12.2 Å². The van der Waals surface area contributed by atoms with Gasteiger partial charge in [-0.05, 0) is 45.0 Å². The van der Waals surface area contributed by atoms with Crippen molar-refractivity contribution < 1.29 is 9.18 Å². The minimum atomic E-state index is -0.268. The third-order valence-corrected chi connectivity index (χ3v) is 3.81. The van der Waals surface area contributed by atoms with Crippen LogP contribution in [0.1, 0.15) is 20.8 Å². The van der Waals surface area contributed by atoms with E-state index in [4.69, 9.17) is 0 Å². The van der Waals surface area contributed by atoms with Crippen molar-refractivity contribution >= 4 is 22.4 Å². The molecule has 1 amide bonds. The zero-order valence-electron chi connectivity index (χ0n) is 13.2. The Kier molecular flexibility index (Phi) is 4.81. The lowest BCUT2D eigenvalue weighted by Crippen LogP contribution is -2.45. The smallest absolute Gasteiger partial charge is 0.239 e. The zero-order valence-corrected chi connectivity index (χ0v) is 14.0. The van der Waals surface area contributed by atoms with Gasteiger partial charge in [0.15, 0.2) is 5.13 Å². The molecule has 1 aromatic carbocycles. The molecular formula is C16H20FN3OS. The number of nitrogens with one attached hydrogen (secondary N) is 1. The van der Waals surface area contributed by atoms with Gasteiger partial charge in [-0.2, -0.15) is 0 Å². The predicted molar refractivity (Wildman–Crippen MR) is 88.7 cm³/mol. The van der Waals surface area contributed by atoms with E-state index in [9.17, 15) is 9.18 Å². The summed E-state index contributed by atoms with van der Waals surface area (Å²) in [4.78, 5) is 18.2. The van der Waals surface area contributed by atoms with Crippen LogP contribution in [0.2, 0.25) is 0 Å². The Morgan fingerprint density at radius 3 is 2.55 bits per heavy atom. The molecule has 22 heavy (non-hydrogen) atoms. The Hall–Kier alpha value is -1.95. The average molecular weight is 321 g/mol. The molecule has 0 radical (unpaired) electrons. The number of halogens is 1. The van der Waals surface area contributed by atoms with Crippen LogP contribution in [0.25, 0.3) is 11.3 Å². The first kappa shape index (κ1) is 16.4. The van der Waals surface area contributed by atoms with Crippen LogP contribution in [-0.4, -0.2) is 30.0 Å². The fourth-order valence-electron chi connectivity index (χ4n) is 1.93. The predicted octanol–water partition coefficient (Wildman–Crippen LogP) is 3.30. The fraction of sp³-hybridized carbons (Fsp3) is 0.375. The van der Waals surface area contributed by atoms with Gasteiger partial charge in [0.25, 0.3) is 0 Å². The zero-order chi connectivity index (χ0) is 16.3. The molecule has 2 aromatic rings. The second-order valence-corrected chi connectivity index (χ2v) is 7.01. The summed E-state index contributed by atoms with van der Waals surface area (Å²) in [7, 11) is 1.83. The third kappa shape index (κ3) is 4.53. The number of thiazole rings is 1. The molecule has 0 aliphatic rings. The molecule has 6 heteroatoms. The van der Waals surface area contributed by atoms with E-state index < -0.39 is 0 Å². The summed E-state index contributed by atoms with van der Waals surface area (Å²) in [6, 6.07) is 6.21. The van der Waals surface area contributed by atoms with Crippen LogP contribution >= 0.6 is 11.3 Å². The van der Waals surface area contributed by atoms with E-state index in [1.165, 1.54) is 23.5 Å². The second kappa shape index (κ2) is 6.44. The van der Waals surface area contributed by atoms with Crippen molar-refractivity contribution in [2.24, 2.45) is 0 Å². The summed E-state index contributed by atoms with van der Waals surface area (Å²) in [5, 5.41) is 5.58. The van der Waals surface area contributed by atoms with Crippen molar-refractivity contribution in [2.75, 3.05) is 18.5 Å². The van der Waals surface area contributed by atoms with Crippen LogP contribution in [0.3, 0.4) is 0 Å². The van der Waals surface area contributed by atoms with Crippen LogP contribution in [0, 0.1) is 5.82 Å². The van der Waals surface area contributed by atoms with E-state index in [1.807, 2.05) is 33.2 Å². The van der Waals surface area contributed by atoms with Crippen molar-refractivity contribution in [3.05, 3.63) is 35.5 Å². The number of benzene rings is 1. The van der Waals surface area contributed by atoms with E-state index in [1.54, 1.807) is 17.0 Å². The van der Waals surface area contributed by atoms with E-state index >= 15 is 0 Å². The summed E-state index contributed by atoms with van der Waals surface area (Å²) in [6.07, 6.45) is 0. The lowest BCUT2D eigenvalue weighted by Gasteiger charge is -2.23. The molecule has 1 heterocycles. The van der Waals surface area contributed by atoms with Crippen molar-refractivity contribution in [2.45, 2.75) is 26.3 Å². The SMILES string of the molecule is CN(CC(=O)NC(C)(C)C)c1nc(-c2ccc(F)cc2)cs1. The molecule has 0 aliphatic carbocycles. The van der Waals surface area contributed by atoms with Gasteiger partial charge in [0, 0.05) is 23.5 Å². The number of hydrogen-bond donors (Lipinski definition) is 1. The molecule has 0 unspecified atom stereocenters. The Balaban J connectivity index is 2.04. The molecule has 0 aliphatic heterocycles. The van der Waals surface area contributed by atoms with E-state index in [-0.39, 0.29) is 23.8 Å². The van der Waals surface area contributed by atoms with Gasteiger partial charge in [0.1, 0.15) is 5.82 Å². The van der Waals surface area contributed by atoms with Crippen LogP contribution in [-0.2, 0) is 4.79 Å². The van der Waals surface area contributed by atoms with Crippen molar-refractivity contribution in [3.8, 4) is 11.3 Å². The Bertz CT molecular complexity index is 646. The summed E-state index contributed by atoms with van der Waals surface area (Å²) in [5.74, 6) is -0.316. The van der Waals surface area contributed by atoms with Crippen LogP contribution in [0.4, 0.5) is 9.52 Å².